The summed E-state index contributed by atoms with van der Waals surface area (Å²) in [6.45, 7) is 4.07. The van der Waals surface area contributed by atoms with E-state index in [9.17, 15) is 0 Å². The highest BCUT2D eigenvalue weighted by molar-refractivity contribution is 5.38. The van der Waals surface area contributed by atoms with E-state index < -0.39 is 0 Å². The van der Waals surface area contributed by atoms with Gasteiger partial charge in [0.2, 0.25) is 0 Å². The number of rotatable bonds is 5. The Morgan fingerprint density at radius 3 is 2.67 bits per heavy atom. The molecular weight excluding hydrogens is 222 g/mol. The minimum Gasteiger partial charge on any atom is -0.468 e. The van der Waals surface area contributed by atoms with E-state index >= 15 is 0 Å². The van der Waals surface area contributed by atoms with Crippen LogP contribution in [0, 0.1) is 6.92 Å². The van der Waals surface area contributed by atoms with Crippen molar-refractivity contribution >= 4 is 0 Å². The molecule has 0 amide bonds. The Kier molecular flexibility index (Phi) is 2.96. The van der Waals surface area contributed by atoms with Crippen LogP contribution in [0.1, 0.15) is 29.7 Å². The Morgan fingerprint density at radius 1 is 1.17 bits per heavy atom. The van der Waals surface area contributed by atoms with Gasteiger partial charge in [0, 0.05) is 12.0 Å². The summed E-state index contributed by atoms with van der Waals surface area (Å²) in [4.78, 5) is 0. The van der Waals surface area contributed by atoms with Crippen LogP contribution in [-0.2, 0) is 12.0 Å². The normalized spacial score (nSPS) is 16.7. The van der Waals surface area contributed by atoms with E-state index in [0.717, 1.165) is 18.8 Å². The smallest absolute Gasteiger partial charge is 0.117 e. The molecule has 0 radical (unpaired) electrons. The molecule has 1 N–H and O–H groups in total. The highest BCUT2D eigenvalue weighted by Crippen LogP contribution is 2.48. The number of aryl methyl sites for hydroxylation is 1. The quantitative estimate of drug-likeness (QED) is 0.867. The maximum Gasteiger partial charge on any atom is 0.117 e. The second-order valence-electron chi connectivity index (χ2n) is 5.28. The number of hydrogen-bond acceptors (Lipinski definition) is 2. The Labute approximate surface area is 108 Å². The average Bonchev–Trinajstić information content (AvgIpc) is 2.97. The van der Waals surface area contributed by atoms with E-state index in [4.69, 9.17) is 4.42 Å². The lowest BCUT2D eigenvalue weighted by Gasteiger charge is -2.18. The third-order valence-electron chi connectivity index (χ3n) is 3.91. The van der Waals surface area contributed by atoms with Gasteiger partial charge in [0.25, 0.3) is 0 Å². The fourth-order valence-electron chi connectivity index (χ4n) is 2.70. The molecule has 0 saturated heterocycles. The highest BCUT2D eigenvalue weighted by atomic mass is 16.3. The molecule has 1 aromatic heterocycles. The third-order valence-corrected chi connectivity index (χ3v) is 3.91. The van der Waals surface area contributed by atoms with E-state index in [-0.39, 0.29) is 0 Å². The van der Waals surface area contributed by atoms with Crippen molar-refractivity contribution in [2.24, 2.45) is 0 Å². The van der Waals surface area contributed by atoms with Crippen LogP contribution in [0.25, 0.3) is 0 Å². The van der Waals surface area contributed by atoms with Crippen molar-refractivity contribution in [3.63, 3.8) is 0 Å². The van der Waals surface area contributed by atoms with E-state index in [1.807, 2.05) is 12.1 Å². The molecule has 94 valence electrons. The van der Waals surface area contributed by atoms with Gasteiger partial charge in [0.15, 0.2) is 0 Å². The maximum atomic E-state index is 5.34. The first-order chi connectivity index (χ1) is 8.80. The SMILES string of the molecule is Cc1ccccc1C1(CNCc2ccco2)CC1. The topological polar surface area (TPSA) is 25.2 Å². The molecule has 18 heavy (non-hydrogen) atoms. The number of furan rings is 1. The van der Waals surface area contributed by atoms with Crippen molar-refractivity contribution in [1.82, 2.24) is 5.32 Å². The lowest BCUT2D eigenvalue weighted by molar-refractivity contribution is 0.469. The number of hydrogen-bond donors (Lipinski definition) is 1. The predicted molar refractivity (Wildman–Crippen MR) is 72.5 cm³/mol. The zero-order valence-corrected chi connectivity index (χ0v) is 10.8. The molecule has 3 rings (SSSR count). The molecule has 2 heteroatoms. The summed E-state index contributed by atoms with van der Waals surface area (Å²) in [6.07, 6.45) is 4.32. The summed E-state index contributed by atoms with van der Waals surface area (Å²) in [7, 11) is 0. The summed E-state index contributed by atoms with van der Waals surface area (Å²) >= 11 is 0. The molecular formula is C16H19NO. The van der Waals surface area contributed by atoms with Gasteiger partial charge in [-0.2, -0.15) is 0 Å². The summed E-state index contributed by atoms with van der Waals surface area (Å²) in [5.41, 5.74) is 3.30. The number of nitrogens with one attached hydrogen (secondary N) is 1. The van der Waals surface area contributed by atoms with Crippen molar-refractivity contribution in [1.29, 1.82) is 0 Å². The van der Waals surface area contributed by atoms with Crippen LogP contribution in [0.15, 0.2) is 47.1 Å². The van der Waals surface area contributed by atoms with Crippen LogP contribution in [0.5, 0.6) is 0 Å². The first kappa shape index (κ1) is 11.5. The molecule has 1 heterocycles. The van der Waals surface area contributed by atoms with Crippen LogP contribution in [0.3, 0.4) is 0 Å². The van der Waals surface area contributed by atoms with E-state index in [1.54, 1.807) is 6.26 Å². The number of benzene rings is 1. The molecule has 0 bridgehead atoms. The Morgan fingerprint density at radius 2 is 2.00 bits per heavy atom. The predicted octanol–water partition coefficient (Wildman–Crippen LogP) is 3.41. The summed E-state index contributed by atoms with van der Waals surface area (Å²) in [5, 5.41) is 3.52. The average molecular weight is 241 g/mol. The summed E-state index contributed by atoms with van der Waals surface area (Å²) < 4.78 is 5.34. The van der Waals surface area contributed by atoms with Crippen LogP contribution in [-0.4, -0.2) is 6.54 Å². The molecule has 0 aliphatic heterocycles. The van der Waals surface area contributed by atoms with Crippen LogP contribution >= 0.6 is 0 Å². The minimum atomic E-state index is 0.373. The standard InChI is InChI=1S/C16H19NO/c1-13-5-2-3-7-15(13)16(8-9-16)12-17-11-14-6-4-10-18-14/h2-7,10,17H,8-9,11-12H2,1H3. The molecule has 1 aliphatic carbocycles. The van der Waals surface area contributed by atoms with Gasteiger partial charge in [-0.1, -0.05) is 24.3 Å². The van der Waals surface area contributed by atoms with Crippen LogP contribution < -0.4 is 5.32 Å². The third kappa shape index (κ3) is 2.21. The first-order valence-corrected chi connectivity index (χ1v) is 6.59. The molecule has 1 saturated carbocycles. The van der Waals surface area contributed by atoms with Gasteiger partial charge >= 0.3 is 0 Å². The first-order valence-electron chi connectivity index (χ1n) is 6.59. The zero-order valence-electron chi connectivity index (χ0n) is 10.8. The molecule has 2 nitrogen and oxygen atoms in total. The van der Waals surface area contributed by atoms with Crippen LogP contribution in [0.2, 0.25) is 0 Å². The second kappa shape index (κ2) is 4.62. The molecule has 2 aromatic rings. The minimum absolute atomic E-state index is 0.373. The van der Waals surface area contributed by atoms with Crippen LogP contribution in [0.4, 0.5) is 0 Å². The van der Waals surface area contributed by atoms with Crippen molar-refractivity contribution in [2.45, 2.75) is 31.7 Å². The molecule has 0 unspecified atom stereocenters. The summed E-state index contributed by atoms with van der Waals surface area (Å²) in [6, 6.07) is 12.7. The van der Waals surface area contributed by atoms with Crippen molar-refractivity contribution < 1.29 is 4.42 Å². The fraction of sp³-hybridized carbons (Fsp3) is 0.375. The highest BCUT2D eigenvalue weighted by Gasteiger charge is 2.44. The van der Waals surface area contributed by atoms with Gasteiger partial charge in [0.05, 0.1) is 12.8 Å². The Hall–Kier alpha value is -1.54. The largest absolute Gasteiger partial charge is 0.468 e. The molecule has 0 spiro atoms. The van der Waals surface area contributed by atoms with Crippen molar-refractivity contribution in [2.75, 3.05) is 6.54 Å². The zero-order chi connectivity index (χ0) is 12.4. The lowest BCUT2D eigenvalue weighted by atomic mass is 9.92. The molecule has 1 fully saturated rings. The Bertz CT molecular complexity index is 512. The van der Waals surface area contributed by atoms with E-state index in [2.05, 4.69) is 36.5 Å². The van der Waals surface area contributed by atoms with E-state index in [1.165, 1.54) is 24.0 Å². The van der Waals surface area contributed by atoms with Crippen molar-refractivity contribution in [3.05, 3.63) is 59.5 Å². The van der Waals surface area contributed by atoms with Gasteiger partial charge in [-0.05, 0) is 43.0 Å². The monoisotopic (exact) mass is 241 g/mol. The van der Waals surface area contributed by atoms with Gasteiger partial charge in [0.1, 0.15) is 5.76 Å². The van der Waals surface area contributed by atoms with Gasteiger partial charge in [-0.25, -0.2) is 0 Å². The van der Waals surface area contributed by atoms with Gasteiger partial charge in [-0.15, -0.1) is 0 Å². The molecule has 1 aliphatic rings. The Balaban J connectivity index is 1.64. The van der Waals surface area contributed by atoms with E-state index in [0.29, 0.717) is 5.41 Å². The van der Waals surface area contributed by atoms with Crippen molar-refractivity contribution in [3.8, 4) is 0 Å². The fourth-order valence-corrected chi connectivity index (χ4v) is 2.70. The van der Waals surface area contributed by atoms with Gasteiger partial charge in [-0.3, -0.25) is 0 Å². The lowest BCUT2D eigenvalue weighted by Crippen LogP contribution is -2.27. The maximum absolute atomic E-state index is 5.34. The summed E-state index contributed by atoms with van der Waals surface area (Å²) in [5.74, 6) is 1.01. The molecule has 0 atom stereocenters. The second-order valence-corrected chi connectivity index (χ2v) is 5.28. The van der Waals surface area contributed by atoms with Gasteiger partial charge < -0.3 is 9.73 Å². The molecule has 1 aromatic carbocycles.